The summed E-state index contributed by atoms with van der Waals surface area (Å²) in [6.07, 6.45) is 2.10. The molecule has 2 aliphatic heterocycles. The Kier molecular flexibility index (Phi) is 4.12. The average molecular weight is 381 g/mol. The van der Waals surface area contributed by atoms with Crippen LogP contribution in [0.25, 0.3) is 0 Å². The highest BCUT2D eigenvalue weighted by Crippen LogP contribution is 2.36. The number of hydrogen-bond donors (Lipinski definition) is 0. The highest BCUT2D eigenvalue weighted by Gasteiger charge is 2.39. The van der Waals surface area contributed by atoms with Crippen LogP contribution in [0.1, 0.15) is 44.5 Å². The zero-order chi connectivity index (χ0) is 16.8. The van der Waals surface area contributed by atoms with E-state index in [1.54, 1.807) is 11.3 Å². The Hall–Kier alpha value is -1.40. The number of halogens is 2. The zero-order valence-electron chi connectivity index (χ0n) is 12.7. The van der Waals surface area contributed by atoms with Gasteiger partial charge in [0, 0.05) is 17.5 Å². The first-order valence-electron chi connectivity index (χ1n) is 7.69. The summed E-state index contributed by atoms with van der Waals surface area (Å²) < 4.78 is 0. The van der Waals surface area contributed by atoms with E-state index in [0.29, 0.717) is 17.8 Å². The molecule has 2 amide bonds. The van der Waals surface area contributed by atoms with E-state index in [2.05, 4.69) is 16.3 Å². The molecule has 24 heavy (non-hydrogen) atoms. The van der Waals surface area contributed by atoms with Gasteiger partial charge in [0.1, 0.15) is 0 Å². The van der Waals surface area contributed by atoms with Crippen LogP contribution in [0.3, 0.4) is 0 Å². The molecule has 2 aromatic rings. The van der Waals surface area contributed by atoms with Crippen LogP contribution >= 0.6 is 34.5 Å². The predicted octanol–water partition coefficient (Wildman–Crippen LogP) is 4.45. The second kappa shape index (κ2) is 6.15. The molecular formula is C17H14Cl2N2O2S. The highest BCUT2D eigenvalue weighted by atomic mass is 35.5. The fourth-order valence-corrected chi connectivity index (χ4v) is 4.62. The van der Waals surface area contributed by atoms with E-state index in [0.717, 1.165) is 19.4 Å². The van der Waals surface area contributed by atoms with Crippen LogP contribution in [-0.2, 0) is 0 Å². The smallest absolute Gasteiger partial charge is 0.262 e. The number of likely N-dealkylation sites (tertiary alicyclic amines) is 1. The molecular weight excluding hydrogens is 367 g/mol. The van der Waals surface area contributed by atoms with E-state index in [4.69, 9.17) is 23.2 Å². The zero-order valence-corrected chi connectivity index (χ0v) is 15.0. The Morgan fingerprint density at radius 3 is 2.38 bits per heavy atom. The monoisotopic (exact) mass is 380 g/mol. The Balaban J connectivity index is 1.60. The molecule has 0 radical (unpaired) electrons. The normalized spacial score (nSPS) is 20.9. The Bertz CT molecular complexity index is 781. The standard InChI is InChI=1S/C17H14Cl2N2O2S/c18-12-7-10-11(8-13(12)19)17(23)21(16(10)22)9-20-5-1-3-14(20)15-4-2-6-24-15/h2,4,6-8,14H,1,3,5,9H2/t14-/m1/s1. The van der Waals surface area contributed by atoms with Crippen LogP contribution in [-0.4, -0.2) is 34.8 Å². The lowest BCUT2D eigenvalue weighted by molar-refractivity contribution is 0.0528. The first-order chi connectivity index (χ1) is 11.6. The lowest BCUT2D eigenvalue weighted by Gasteiger charge is -2.27. The van der Waals surface area contributed by atoms with E-state index < -0.39 is 0 Å². The average Bonchev–Trinajstić information content (AvgIpc) is 3.27. The van der Waals surface area contributed by atoms with Crippen LogP contribution in [0.5, 0.6) is 0 Å². The second-order valence-corrected chi connectivity index (χ2v) is 7.77. The minimum atomic E-state index is -0.301. The molecule has 0 bridgehead atoms. The first-order valence-corrected chi connectivity index (χ1v) is 9.32. The van der Waals surface area contributed by atoms with E-state index in [9.17, 15) is 9.59 Å². The third-order valence-corrected chi connectivity index (χ3v) is 6.27. The second-order valence-electron chi connectivity index (χ2n) is 5.98. The molecule has 0 N–H and O–H groups in total. The maximum Gasteiger partial charge on any atom is 0.262 e. The third-order valence-electron chi connectivity index (χ3n) is 4.57. The van der Waals surface area contributed by atoms with E-state index in [-0.39, 0.29) is 27.9 Å². The summed E-state index contributed by atoms with van der Waals surface area (Å²) in [5, 5.41) is 2.63. The van der Waals surface area contributed by atoms with Crippen molar-refractivity contribution in [2.75, 3.05) is 13.2 Å². The van der Waals surface area contributed by atoms with Gasteiger partial charge in [-0.25, -0.2) is 0 Å². The topological polar surface area (TPSA) is 40.6 Å². The summed E-state index contributed by atoms with van der Waals surface area (Å²) in [5.41, 5.74) is 0.669. The molecule has 1 aromatic heterocycles. The maximum absolute atomic E-state index is 12.6. The number of hydrogen-bond acceptors (Lipinski definition) is 4. The van der Waals surface area contributed by atoms with Crippen LogP contribution in [0.15, 0.2) is 29.6 Å². The number of carbonyl (C=O) groups is 2. The number of fused-ring (bicyclic) bond motifs is 1. The van der Waals surface area contributed by atoms with Gasteiger partial charge in [-0.1, -0.05) is 29.3 Å². The minimum absolute atomic E-state index is 0.265. The van der Waals surface area contributed by atoms with Crippen molar-refractivity contribution in [3.8, 4) is 0 Å². The third kappa shape index (κ3) is 2.56. The molecule has 4 nitrogen and oxygen atoms in total. The van der Waals surface area contributed by atoms with Crippen LogP contribution in [0.2, 0.25) is 10.0 Å². The number of benzene rings is 1. The predicted molar refractivity (Wildman–Crippen MR) is 94.8 cm³/mol. The summed E-state index contributed by atoms with van der Waals surface area (Å²) in [4.78, 5) is 30.0. The largest absolute Gasteiger partial charge is 0.278 e. The summed E-state index contributed by atoms with van der Waals surface area (Å²) >= 11 is 13.7. The van der Waals surface area contributed by atoms with Gasteiger partial charge in [0.05, 0.1) is 27.8 Å². The lowest BCUT2D eigenvalue weighted by Crippen LogP contribution is -2.40. The molecule has 0 spiro atoms. The highest BCUT2D eigenvalue weighted by molar-refractivity contribution is 7.10. The molecule has 0 saturated carbocycles. The number of nitrogens with zero attached hydrogens (tertiary/aromatic N) is 2. The van der Waals surface area contributed by atoms with Crippen molar-refractivity contribution in [2.24, 2.45) is 0 Å². The number of thiophene rings is 1. The van der Waals surface area contributed by atoms with E-state index in [1.807, 2.05) is 6.07 Å². The molecule has 1 saturated heterocycles. The van der Waals surface area contributed by atoms with E-state index >= 15 is 0 Å². The first kappa shape index (κ1) is 16.1. The minimum Gasteiger partial charge on any atom is -0.278 e. The lowest BCUT2D eigenvalue weighted by atomic mass is 10.1. The molecule has 4 rings (SSSR count). The van der Waals surface area contributed by atoms with Crippen molar-refractivity contribution in [1.82, 2.24) is 9.80 Å². The van der Waals surface area contributed by atoms with Gasteiger partial charge < -0.3 is 0 Å². The molecule has 124 valence electrons. The SMILES string of the molecule is O=C1c2cc(Cl)c(Cl)cc2C(=O)N1CN1CCC[C@@H]1c1cccs1. The van der Waals surface area contributed by atoms with Gasteiger partial charge in [0.25, 0.3) is 11.8 Å². The number of rotatable bonds is 3. The van der Waals surface area contributed by atoms with E-state index in [1.165, 1.54) is 21.9 Å². The van der Waals surface area contributed by atoms with Gasteiger partial charge in [-0.15, -0.1) is 11.3 Å². The molecule has 7 heteroatoms. The van der Waals surface area contributed by atoms with Crippen molar-refractivity contribution in [2.45, 2.75) is 18.9 Å². The summed E-state index contributed by atoms with van der Waals surface area (Å²) in [7, 11) is 0. The van der Waals surface area contributed by atoms with Gasteiger partial charge in [-0.2, -0.15) is 0 Å². The maximum atomic E-state index is 12.6. The van der Waals surface area contributed by atoms with Crippen molar-refractivity contribution >= 4 is 46.4 Å². The van der Waals surface area contributed by atoms with Gasteiger partial charge in [-0.3, -0.25) is 19.4 Å². The summed E-state index contributed by atoms with van der Waals surface area (Å²) in [6.45, 7) is 1.17. The number of carbonyl (C=O) groups excluding carboxylic acids is 2. The van der Waals surface area contributed by atoms with Crippen molar-refractivity contribution in [3.63, 3.8) is 0 Å². The van der Waals surface area contributed by atoms with Crippen LogP contribution in [0.4, 0.5) is 0 Å². The van der Waals surface area contributed by atoms with Crippen molar-refractivity contribution < 1.29 is 9.59 Å². The van der Waals surface area contributed by atoms with Gasteiger partial charge in [0.15, 0.2) is 0 Å². The van der Waals surface area contributed by atoms with Crippen molar-refractivity contribution in [1.29, 1.82) is 0 Å². The molecule has 3 heterocycles. The van der Waals surface area contributed by atoms with Gasteiger partial charge >= 0.3 is 0 Å². The fraction of sp³-hybridized carbons (Fsp3) is 0.294. The Morgan fingerprint density at radius 2 is 1.79 bits per heavy atom. The molecule has 2 aliphatic rings. The fourth-order valence-electron chi connectivity index (χ4n) is 3.39. The van der Waals surface area contributed by atoms with Crippen LogP contribution in [0, 0.1) is 0 Å². The van der Waals surface area contributed by atoms with Gasteiger partial charge in [0.2, 0.25) is 0 Å². The molecule has 0 unspecified atom stereocenters. The molecule has 1 fully saturated rings. The summed E-state index contributed by atoms with van der Waals surface area (Å²) in [6, 6.07) is 7.37. The van der Waals surface area contributed by atoms with Crippen LogP contribution < -0.4 is 0 Å². The Labute approximate surface area is 153 Å². The number of amides is 2. The summed E-state index contributed by atoms with van der Waals surface area (Å²) in [5.74, 6) is -0.601. The molecule has 0 aliphatic carbocycles. The van der Waals surface area contributed by atoms with Gasteiger partial charge in [-0.05, 0) is 36.4 Å². The molecule has 1 aromatic carbocycles. The number of imide groups is 1. The quantitative estimate of drug-likeness (QED) is 0.738. The van der Waals surface area contributed by atoms with Crippen molar-refractivity contribution in [3.05, 3.63) is 55.7 Å². The Morgan fingerprint density at radius 1 is 1.12 bits per heavy atom. The molecule has 1 atom stereocenters.